The van der Waals surface area contributed by atoms with Crippen molar-refractivity contribution in [1.82, 2.24) is 10.6 Å². The second-order valence-corrected chi connectivity index (χ2v) is 6.61. The van der Waals surface area contributed by atoms with Gasteiger partial charge in [-0.3, -0.25) is 4.79 Å². The molecule has 1 aliphatic heterocycles. The topological polar surface area (TPSA) is 41.1 Å². The van der Waals surface area contributed by atoms with Crippen LogP contribution in [0, 0.1) is 10.8 Å². The molecule has 2 N–H and O–H groups in total. The van der Waals surface area contributed by atoms with E-state index in [1.807, 2.05) is 0 Å². The molecule has 1 unspecified atom stereocenters. The molecule has 1 amide bonds. The van der Waals surface area contributed by atoms with Gasteiger partial charge in [0, 0.05) is 13.1 Å². The average molecular weight is 252 g/mol. The molecule has 0 spiro atoms. The summed E-state index contributed by atoms with van der Waals surface area (Å²) in [5, 5.41) is 6.58. The summed E-state index contributed by atoms with van der Waals surface area (Å²) < 4.78 is 0. The van der Waals surface area contributed by atoms with Crippen molar-refractivity contribution in [1.29, 1.82) is 0 Å². The molecule has 0 aromatic carbocycles. The van der Waals surface area contributed by atoms with Gasteiger partial charge in [0.25, 0.3) is 0 Å². The monoisotopic (exact) mass is 252 g/mol. The molecule has 1 atom stereocenters. The first kappa shape index (κ1) is 13.9. The molecule has 2 rings (SSSR count). The highest BCUT2D eigenvalue weighted by molar-refractivity contribution is 5.83. The summed E-state index contributed by atoms with van der Waals surface area (Å²) >= 11 is 0. The lowest BCUT2D eigenvalue weighted by Gasteiger charge is -2.35. The SMILES string of the molecule is CCC1(C(=O)NCC2(C)CCCCC2)CCNC1. The molecule has 104 valence electrons. The van der Waals surface area contributed by atoms with Crippen LogP contribution in [-0.2, 0) is 4.79 Å². The Morgan fingerprint density at radius 1 is 1.22 bits per heavy atom. The van der Waals surface area contributed by atoms with Crippen LogP contribution in [0.5, 0.6) is 0 Å². The zero-order valence-corrected chi connectivity index (χ0v) is 12.0. The Morgan fingerprint density at radius 2 is 1.94 bits per heavy atom. The fourth-order valence-corrected chi connectivity index (χ4v) is 3.46. The zero-order valence-electron chi connectivity index (χ0n) is 12.0. The zero-order chi connectivity index (χ0) is 13.1. The van der Waals surface area contributed by atoms with Crippen LogP contribution < -0.4 is 10.6 Å². The van der Waals surface area contributed by atoms with Crippen LogP contribution in [-0.4, -0.2) is 25.5 Å². The summed E-state index contributed by atoms with van der Waals surface area (Å²) in [6.07, 6.45) is 8.50. The maximum atomic E-state index is 12.4. The molecule has 0 bridgehead atoms. The Kier molecular flexibility index (Phi) is 4.31. The minimum atomic E-state index is -0.134. The van der Waals surface area contributed by atoms with Gasteiger partial charge >= 0.3 is 0 Å². The smallest absolute Gasteiger partial charge is 0.227 e. The fourth-order valence-electron chi connectivity index (χ4n) is 3.46. The second-order valence-electron chi connectivity index (χ2n) is 6.61. The summed E-state index contributed by atoms with van der Waals surface area (Å²) in [5.74, 6) is 0.279. The molecule has 1 saturated heterocycles. The maximum Gasteiger partial charge on any atom is 0.227 e. The Hall–Kier alpha value is -0.570. The van der Waals surface area contributed by atoms with Crippen LogP contribution in [0.15, 0.2) is 0 Å². The number of carbonyl (C=O) groups excluding carboxylic acids is 1. The molecule has 0 radical (unpaired) electrons. The van der Waals surface area contributed by atoms with E-state index in [1.54, 1.807) is 0 Å². The van der Waals surface area contributed by atoms with Crippen LogP contribution in [0.25, 0.3) is 0 Å². The van der Waals surface area contributed by atoms with E-state index >= 15 is 0 Å². The standard InChI is InChI=1S/C15H28N2O/c1-3-15(9-10-16-12-15)13(18)17-11-14(2)7-5-4-6-8-14/h16H,3-12H2,1-2H3,(H,17,18). The van der Waals surface area contributed by atoms with Crippen molar-refractivity contribution in [3.63, 3.8) is 0 Å². The molecule has 1 heterocycles. The first-order chi connectivity index (χ1) is 8.60. The van der Waals surface area contributed by atoms with Crippen molar-refractivity contribution < 1.29 is 4.79 Å². The van der Waals surface area contributed by atoms with E-state index < -0.39 is 0 Å². The van der Waals surface area contributed by atoms with Gasteiger partial charge in [-0.2, -0.15) is 0 Å². The number of nitrogens with one attached hydrogen (secondary N) is 2. The fraction of sp³-hybridized carbons (Fsp3) is 0.933. The Morgan fingerprint density at radius 3 is 2.50 bits per heavy atom. The van der Waals surface area contributed by atoms with Crippen molar-refractivity contribution in [2.45, 2.75) is 58.8 Å². The molecule has 2 aliphatic rings. The van der Waals surface area contributed by atoms with Crippen LogP contribution in [0.3, 0.4) is 0 Å². The molecule has 18 heavy (non-hydrogen) atoms. The molecule has 3 heteroatoms. The van der Waals surface area contributed by atoms with E-state index in [4.69, 9.17) is 0 Å². The van der Waals surface area contributed by atoms with Gasteiger partial charge in [-0.15, -0.1) is 0 Å². The van der Waals surface area contributed by atoms with Gasteiger partial charge in [-0.1, -0.05) is 33.1 Å². The minimum absolute atomic E-state index is 0.134. The van der Waals surface area contributed by atoms with Gasteiger partial charge in [-0.05, 0) is 37.6 Å². The van der Waals surface area contributed by atoms with Gasteiger partial charge in [-0.25, -0.2) is 0 Å². The predicted octanol–water partition coefficient (Wildman–Crippen LogP) is 2.46. The van der Waals surface area contributed by atoms with Gasteiger partial charge in [0.05, 0.1) is 5.41 Å². The highest BCUT2D eigenvalue weighted by Gasteiger charge is 2.40. The Labute approximate surface area is 111 Å². The lowest BCUT2D eigenvalue weighted by atomic mass is 9.75. The molecular weight excluding hydrogens is 224 g/mol. The van der Waals surface area contributed by atoms with Crippen LogP contribution in [0.4, 0.5) is 0 Å². The van der Waals surface area contributed by atoms with Gasteiger partial charge in [0.1, 0.15) is 0 Å². The van der Waals surface area contributed by atoms with E-state index in [-0.39, 0.29) is 11.3 Å². The van der Waals surface area contributed by atoms with Crippen LogP contribution in [0.1, 0.15) is 58.8 Å². The van der Waals surface area contributed by atoms with Crippen molar-refractivity contribution in [3.8, 4) is 0 Å². The molecule has 0 aromatic heterocycles. The Balaban J connectivity index is 1.87. The van der Waals surface area contributed by atoms with E-state index in [9.17, 15) is 4.79 Å². The lowest BCUT2D eigenvalue weighted by molar-refractivity contribution is -0.130. The van der Waals surface area contributed by atoms with E-state index in [1.165, 1.54) is 32.1 Å². The summed E-state index contributed by atoms with van der Waals surface area (Å²) in [6, 6.07) is 0. The summed E-state index contributed by atoms with van der Waals surface area (Å²) in [6.45, 7) is 7.17. The quantitative estimate of drug-likeness (QED) is 0.807. The lowest BCUT2D eigenvalue weighted by Crippen LogP contribution is -2.46. The third-order valence-electron chi connectivity index (χ3n) is 5.14. The van der Waals surface area contributed by atoms with E-state index in [0.717, 1.165) is 32.5 Å². The van der Waals surface area contributed by atoms with E-state index in [0.29, 0.717) is 5.41 Å². The van der Waals surface area contributed by atoms with E-state index in [2.05, 4.69) is 24.5 Å². The second kappa shape index (κ2) is 5.60. The van der Waals surface area contributed by atoms with Crippen molar-refractivity contribution in [2.75, 3.05) is 19.6 Å². The normalized spacial score (nSPS) is 31.2. The summed E-state index contributed by atoms with van der Waals surface area (Å²) in [4.78, 5) is 12.4. The molecule has 0 aromatic rings. The predicted molar refractivity (Wildman–Crippen MR) is 74.4 cm³/mol. The van der Waals surface area contributed by atoms with Crippen molar-refractivity contribution in [3.05, 3.63) is 0 Å². The molecule has 1 saturated carbocycles. The minimum Gasteiger partial charge on any atom is -0.355 e. The number of rotatable bonds is 4. The largest absolute Gasteiger partial charge is 0.355 e. The third kappa shape index (κ3) is 2.87. The summed E-state index contributed by atoms with van der Waals surface area (Å²) in [7, 11) is 0. The first-order valence-corrected chi connectivity index (χ1v) is 7.59. The number of hydrogen-bond acceptors (Lipinski definition) is 2. The first-order valence-electron chi connectivity index (χ1n) is 7.59. The maximum absolute atomic E-state index is 12.4. The van der Waals surface area contributed by atoms with Crippen LogP contribution in [0.2, 0.25) is 0 Å². The van der Waals surface area contributed by atoms with Crippen LogP contribution >= 0.6 is 0 Å². The number of carbonyl (C=O) groups is 1. The highest BCUT2D eigenvalue weighted by Crippen LogP contribution is 2.36. The number of hydrogen-bond donors (Lipinski definition) is 2. The molecule has 3 nitrogen and oxygen atoms in total. The van der Waals surface area contributed by atoms with Crippen molar-refractivity contribution in [2.24, 2.45) is 10.8 Å². The molecular formula is C15H28N2O. The highest BCUT2D eigenvalue weighted by atomic mass is 16.2. The number of amides is 1. The van der Waals surface area contributed by atoms with Crippen molar-refractivity contribution >= 4 is 5.91 Å². The third-order valence-corrected chi connectivity index (χ3v) is 5.14. The average Bonchev–Trinajstić information content (AvgIpc) is 2.87. The van der Waals surface area contributed by atoms with Gasteiger partial charge < -0.3 is 10.6 Å². The molecule has 2 fully saturated rings. The summed E-state index contributed by atoms with van der Waals surface area (Å²) in [5.41, 5.74) is 0.208. The molecule has 1 aliphatic carbocycles. The van der Waals surface area contributed by atoms with Gasteiger partial charge in [0.15, 0.2) is 0 Å². The Bertz CT molecular complexity index is 289. The van der Waals surface area contributed by atoms with Gasteiger partial charge in [0.2, 0.25) is 5.91 Å².